The predicted octanol–water partition coefficient (Wildman–Crippen LogP) is 4.08. The number of carboxylic acids is 2. The van der Waals surface area contributed by atoms with Gasteiger partial charge in [-0.15, -0.1) is 0 Å². The third kappa shape index (κ3) is 5.93. The van der Waals surface area contributed by atoms with Crippen LogP contribution in [0.5, 0.6) is 0 Å². The summed E-state index contributed by atoms with van der Waals surface area (Å²) >= 11 is 4.41. The second kappa shape index (κ2) is 12.5. The average molecular weight is 638 g/mol. The van der Waals surface area contributed by atoms with Crippen molar-refractivity contribution in [2.24, 2.45) is 17.8 Å². The van der Waals surface area contributed by atoms with Crippen LogP contribution in [-0.2, 0) is 27.2 Å². The Kier molecular flexibility index (Phi) is 9.01. The molecule has 12 heteroatoms. The van der Waals surface area contributed by atoms with Gasteiger partial charge < -0.3 is 30.9 Å². The number of carboxylic acid groups (broad SMARTS) is 2. The Bertz CT molecular complexity index is 1570. The van der Waals surface area contributed by atoms with Crippen LogP contribution in [0, 0.1) is 24.7 Å². The van der Waals surface area contributed by atoms with Crippen LogP contribution in [0.2, 0.25) is 0 Å². The third-order valence-corrected chi connectivity index (χ3v) is 10.2. The van der Waals surface area contributed by atoms with Crippen LogP contribution in [0.25, 0.3) is 6.08 Å². The molecule has 7 N–H and O–H groups in total. The predicted molar refractivity (Wildman–Crippen MR) is 174 cm³/mol. The number of aliphatic hydroxyl groups excluding tert-OH is 1. The minimum atomic E-state index is -0.898. The number of hydrogen-bond donors (Lipinski definition) is 8. The van der Waals surface area contributed by atoms with E-state index in [1.807, 2.05) is 44.9 Å². The number of aliphatic carboxylic acids is 2. The molecule has 45 heavy (non-hydrogen) atoms. The first kappa shape index (κ1) is 32.5. The van der Waals surface area contributed by atoms with Crippen molar-refractivity contribution in [3.63, 3.8) is 0 Å². The van der Waals surface area contributed by atoms with Crippen molar-refractivity contribution >= 4 is 36.6 Å². The Morgan fingerprint density at radius 1 is 1.11 bits per heavy atom. The number of H-pyrrole nitrogens is 1. The molecule has 4 aliphatic heterocycles. The lowest BCUT2D eigenvalue weighted by molar-refractivity contribution is -0.138. The molecule has 4 aliphatic rings. The van der Waals surface area contributed by atoms with Crippen LogP contribution in [0.3, 0.4) is 0 Å². The maximum Gasteiger partial charge on any atom is 0.303 e. The molecule has 1 unspecified atom stereocenters. The average Bonchev–Trinajstić information content (AvgIpc) is 3.33. The highest BCUT2D eigenvalue weighted by Gasteiger charge is 2.60. The molecule has 1 aromatic rings. The molecule has 5 heterocycles. The topological polar surface area (TPSA) is 177 Å². The summed E-state index contributed by atoms with van der Waals surface area (Å²) in [6, 6.07) is -0.0785. The number of carbonyl (C=O) groups is 3. The van der Waals surface area contributed by atoms with Crippen LogP contribution in [0.4, 0.5) is 0 Å². The number of aliphatic hydroxyl groups is 1. The normalized spacial score (nSPS) is 29.1. The minimum absolute atomic E-state index is 0.00952. The number of carbonyl (C=O) groups excluding carboxylic acids is 1. The molecule has 242 valence electrons. The zero-order valence-electron chi connectivity index (χ0n) is 26.2. The number of thiol groups is 1. The highest BCUT2D eigenvalue weighted by molar-refractivity contribution is 7.80. The fourth-order valence-corrected chi connectivity index (χ4v) is 7.38. The first-order valence-electron chi connectivity index (χ1n) is 15.4. The molecule has 0 saturated carbocycles. The maximum absolute atomic E-state index is 12.6. The number of nitrogens with zero attached hydrogens (tertiary/aromatic N) is 1. The van der Waals surface area contributed by atoms with Gasteiger partial charge in [0.2, 0.25) is 5.91 Å². The van der Waals surface area contributed by atoms with E-state index < -0.39 is 17.6 Å². The van der Waals surface area contributed by atoms with Gasteiger partial charge >= 0.3 is 11.9 Å². The van der Waals surface area contributed by atoms with Crippen molar-refractivity contribution in [2.45, 2.75) is 77.9 Å². The van der Waals surface area contributed by atoms with Crippen molar-refractivity contribution in [2.75, 3.05) is 5.75 Å². The lowest BCUT2D eigenvalue weighted by Gasteiger charge is -2.17. The largest absolute Gasteiger partial charge is 0.495 e. The molecule has 2 saturated heterocycles. The quantitative estimate of drug-likeness (QED) is 0.117. The Labute approximate surface area is 268 Å². The third-order valence-electron chi connectivity index (χ3n) is 9.96. The summed E-state index contributed by atoms with van der Waals surface area (Å²) in [5, 5.41) is 37.6. The molecule has 0 bridgehead atoms. The second-order valence-electron chi connectivity index (χ2n) is 12.5. The van der Waals surface area contributed by atoms with E-state index in [4.69, 9.17) is 0 Å². The second-order valence-corrected chi connectivity index (χ2v) is 13.0. The summed E-state index contributed by atoms with van der Waals surface area (Å²) in [4.78, 5) is 39.4. The number of rotatable bonds is 13. The van der Waals surface area contributed by atoms with E-state index in [-0.39, 0.29) is 48.4 Å². The number of hydrogen-bond acceptors (Lipinski definition) is 8. The number of aromatic amines is 1. The smallest absolute Gasteiger partial charge is 0.303 e. The van der Waals surface area contributed by atoms with Crippen molar-refractivity contribution in [1.82, 2.24) is 26.1 Å². The molecular formula is C33H43N5O6S. The van der Waals surface area contributed by atoms with Gasteiger partial charge in [-0.2, -0.15) is 18.1 Å². The zero-order chi connectivity index (χ0) is 32.8. The summed E-state index contributed by atoms with van der Waals surface area (Å²) in [5.74, 6) is -1.19. The summed E-state index contributed by atoms with van der Waals surface area (Å²) in [6.07, 6.45) is 7.54. The van der Waals surface area contributed by atoms with Crippen molar-refractivity contribution in [1.29, 1.82) is 0 Å². The molecular weight excluding hydrogens is 594 g/mol. The fraction of sp³-hybridized carbons (Fsp3) is 0.485. The Hall–Kier alpha value is -3.90. The molecule has 0 aliphatic carbocycles. The van der Waals surface area contributed by atoms with E-state index in [0.717, 1.165) is 57.0 Å². The standard InChI is InChI=1S/C33H43N5O6S/c1-6-20-16(2)25(35-32(20)44)13-24-17(3)21(7-9-29(39)40)26(34-24)14-28-23(8-10-30(41)42)19(5)33(37-38(28)33)15-27-22(11-12-45)18(4)31(43)36-27/h6,14-16,18,22,25,34-35,37,44-45H,1,7-13H2,2-5H3,(H,36,43)(H,39,40)(H,41,42)/b27-15-,28-14-/t16?,18-,22-,25-,33+,38?/m1/s1. The van der Waals surface area contributed by atoms with Crippen LogP contribution in [0.1, 0.15) is 69.0 Å². The number of fused-ring (bicyclic) bond motifs is 1. The van der Waals surface area contributed by atoms with Gasteiger partial charge in [-0.3, -0.25) is 19.4 Å². The summed E-state index contributed by atoms with van der Waals surface area (Å²) in [6.45, 7) is 11.7. The van der Waals surface area contributed by atoms with E-state index in [0.29, 0.717) is 25.0 Å². The molecule has 1 amide bonds. The van der Waals surface area contributed by atoms with Crippen LogP contribution in [-0.4, -0.2) is 60.6 Å². The maximum atomic E-state index is 12.6. The highest BCUT2D eigenvalue weighted by atomic mass is 32.1. The monoisotopic (exact) mass is 637 g/mol. The van der Waals surface area contributed by atoms with Gasteiger partial charge in [0.05, 0.1) is 5.70 Å². The molecule has 1 aromatic heterocycles. The fourth-order valence-electron chi connectivity index (χ4n) is 7.10. The molecule has 5 atom stereocenters. The van der Waals surface area contributed by atoms with E-state index in [2.05, 4.69) is 40.3 Å². The van der Waals surface area contributed by atoms with Gasteiger partial charge in [0.25, 0.3) is 0 Å². The summed E-state index contributed by atoms with van der Waals surface area (Å²) < 4.78 is 0. The first-order valence-corrected chi connectivity index (χ1v) is 16.1. The van der Waals surface area contributed by atoms with Crippen LogP contribution in [0.15, 0.2) is 52.7 Å². The molecule has 0 radical (unpaired) electrons. The van der Waals surface area contributed by atoms with Crippen molar-refractivity contribution < 1.29 is 29.7 Å². The Morgan fingerprint density at radius 3 is 2.42 bits per heavy atom. The van der Waals surface area contributed by atoms with Crippen LogP contribution >= 0.6 is 12.6 Å². The molecule has 11 nitrogen and oxygen atoms in total. The molecule has 0 spiro atoms. The van der Waals surface area contributed by atoms with Crippen molar-refractivity contribution in [3.05, 3.63) is 75.2 Å². The number of aromatic nitrogens is 1. The number of allylic oxidation sites excluding steroid dienone is 3. The number of hydrazine groups is 1. The molecule has 2 fully saturated rings. The van der Waals surface area contributed by atoms with E-state index in [9.17, 15) is 29.7 Å². The van der Waals surface area contributed by atoms with Gasteiger partial charge in [-0.25, -0.2) is 0 Å². The Balaban J connectivity index is 1.54. The summed E-state index contributed by atoms with van der Waals surface area (Å²) in [7, 11) is 0. The highest BCUT2D eigenvalue weighted by Crippen LogP contribution is 2.52. The Morgan fingerprint density at radius 2 is 1.80 bits per heavy atom. The van der Waals surface area contributed by atoms with E-state index in [1.54, 1.807) is 6.08 Å². The van der Waals surface area contributed by atoms with E-state index >= 15 is 0 Å². The van der Waals surface area contributed by atoms with Crippen LogP contribution < -0.4 is 16.1 Å². The molecule has 0 aromatic carbocycles. The van der Waals surface area contributed by atoms with Gasteiger partial charge in [0, 0.05) is 65.7 Å². The SMILES string of the molecule is C=CC1=C(O)N[C@H](Cc2[nH]c(/C=C3/C(CCC(=O)O)=C(C)[C@@]4(/C=C5\NC(=O)[C@H](C)[C@H]5CCS)NN34)c(CCC(=O)O)c2C)C1C. The van der Waals surface area contributed by atoms with Gasteiger partial charge in [-0.05, 0) is 73.3 Å². The van der Waals surface area contributed by atoms with Gasteiger partial charge in [0.15, 0.2) is 11.5 Å². The minimum Gasteiger partial charge on any atom is -0.495 e. The lowest BCUT2D eigenvalue weighted by Crippen LogP contribution is -2.30. The van der Waals surface area contributed by atoms with Gasteiger partial charge in [0.1, 0.15) is 0 Å². The van der Waals surface area contributed by atoms with E-state index in [1.165, 1.54) is 0 Å². The number of nitrogens with one attached hydrogen (secondary N) is 4. The van der Waals surface area contributed by atoms with Crippen molar-refractivity contribution in [3.8, 4) is 0 Å². The lowest BCUT2D eigenvalue weighted by atomic mass is 9.90. The van der Waals surface area contributed by atoms with Gasteiger partial charge in [-0.1, -0.05) is 26.5 Å². The number of amides is 1. The zero-order valence-corrected chi connectivity index (χ0v) is 27.1. The molecule has 5 rings (SSSR count). The first-order chi connectivity index (χ1) is 21.3. The summed E-state index contributed by atoms with van der Waals surface area (Å²) in [5.41, 5.74) is 10.6.